The van der Waals surface area contributed by atoms with Crippen molar-refractivity contribution in [2.24, 2.45) is 0 Å². The molecule has 0 saturated heterocycles. The first-order valence-electron chi connectivity index (χ1n) is 10.4. The molecule has 1 aromatic rings. The number of methoxy groups -OCH3 is 1. The number of hydrogen-bond donors (Lipinski definition) is 3. The Hall–Kier alpha value is -1.34. The maximum atomic E-state index is 10.6. The van der Waals surface area contributed by atoms with Crippen molar-refractivity contribution >= 4 is 0 Å². The van der Waals surface area contributed by atoms with E-state index in [2.05, 4.69) is 24.1 Å². The van der Waals surface area contributed by atoms with Gasteiger partial charge in [-0.25, -0.2) is 0 Å². The van der Waals surface area contributed by atoms with Crippen LogP contribution in [0.2, 0.25) is 0 Å². The number of nitrogens with one attached hydrogen (secondary N) is 1. The molecule has 28 heavy (non-hydrogen) atoms. The molecule has 1 aliphatic rings. The molecule has 0 amide bonds. The fraction of sp³-hybridized carbons (Fsp3) is 0.727. The second-order valence-electron chi connectivity index (χ2n) is 8.37. The Morgan fingerprint density at radius 2 is 1.89 bits per heavy atom. The second kappa shape index (κ2) is 11.0. The van der Waals surface area contributed by atoms with Crippen LogP contribution in [-0.4, -0.2) is 66.7 Å². The van der Waals surface area contributed by atoms with Gasteiger partial charge in [-0.3, -0.25) is 0 Å². The second-order valence-corrected chi connectivity index (χ2v) is 8.37. The van der Waals surface area contributed by atoms with Crippen LogP contribution in [0.25, 0.3) is 0 Å². The average molecular weight is 395 g/mol. The predicted molar refractivity (Wildman–Crippen MR) is 112 cm³/mol. The van der Waals surface area contributed by atoms with E-state index in [1.54, 1.807) is 7.11 Å². The summed E-state index contributed by atoms with van der Waals surface area (Å²) in [5.41, 5.74) is 0.508. The van der Waals surface area contributed by atoms with Gasteiger partial charge in [-0.1, -0.05) is 25.3 Å². The van der Waals surface area contributed by atoms with Gasteiger partial charge in [-0.15, -0.1) is 0 Å². The highest BCUT2D eigenvalue weighted by Gasteiger charge is 2.28. The maximum Gasteiger partial charge on any atom is 0.161 e. The van der Waals surface area contributed by atoms with Crippen molar-refractivity contribution in [3.05, 3.63) is 23.8 Å². The van der Waals surface area contributed by atoms with Crippen molar-refractivity contribution in [3.63, 3.8) is 0 Å². The molecule has 2 rings (SSSR count). The summed E-state index contributed by atoms with van der Waals surface area (Å²) in [6.07, 6.45) is 4.64. The topological polar surface area (TPSA) is 74.2 Å². The molecule has 0 aliphatic heterocycles. The first kappa shape index (κ1) is 22.9. The lowest BCUT2D eigenvalue weighted by Gasteiger charge is -2.32. The summed E-state index contributed by atoms with van der Waals surface area (Å²) in [6.45, 7) is 6.25. The third kappa shape index (κ3) is 7.24. The summed E-state index contributed by atoms with van der Waals surface area (Å²) in [6, 6.07) is 6.19. The number of rotatable bonds is 11. The van der Waals surface area contributed by atoms with Crippen molar-refractivity contribution in [2.75, 3.05) is 33.9 Å². The Morgan fingerprint density at radius 3 is 2.54 bits per heavy atom. The molecule has 0 spiro atoms. The van der Waals surface area contributed by atoms with Gasteiger partial charge in [0.05, 0.1) is 12.7 Å². The Kier molecular flexibility index (Phi) is 9.02. The summed E-state index contributed by atoms with van der Waals surface area (Å²) in [4.78, 5) is 2.08. The van der Waals surface area contributed by atoms with E-state index in [1.165, 1.54) is 6.42 Å². The van der Waals surface area contributed by atoms with Gasteiger partial charge in [0.1, 0.15) is 12.7 Å². The summed E-state index contributed by atoms with van der Waals surface area (Å²) in [7, 11) is 3.60. The first-order chi connectivity index (χ1) is 13.3. The molecule has 0 aromatic heterocycles. The molecular weight excluding hydrogens is 356 g/mol. The minimum absolute atomic E-state index is 0.220. The molecule has 160 valence electrons. The number of nitrogens with zero attached hydrogens (tertiary/aromatic N) is 1. The van der Waals surface area contributed by atoms with Crippen molar-refractivity contribution < 1.29 is 19.7 Å². The highest BCUT2D eigenvalue weighted by atomic mass is 16.5. The Morgan fingerprint density at radius 1 is 1.18 bits per heavy atom. The van der Waals surface area contributed by atoms with Gasteiger partial charge in [0.15, 0.2) is 11.5 Å². The van der Waals surface area contributed by atoms with E-state index in [9.17, 15) is 10.2 Å². The van der Waals surface area contributed by atoms with E-state index in [-0.39, 0.29) is 6.61 Å². The van der Waals surface area contributed by atoms with E-state index >= 15 is 0 Å². The van der Waals surface area contributed by atoms with Crippen LogP contribution in [0.5, 0.6) is 11.5 Å². The third-order valence-electron chi connectivity index (χ3n) is 5.61. The van der Waals surface area contributed by atoms with Crippen molar-refractivity contribution in [3.8, 4) is 11.5 Å². The van der Waals surface area contributed by atoms with Crippen LogP contribution in [0.1, 0.15) is 51.5 Å². The molecule has 1 saturated carbocycles. The smallest absolute Gasteiger partial charge is 0.161 e. The molecule has 1 aliphatic carbocycles. The third-order valence-corrected chi connectivity index (χ3v) is 5.61. The fourth-order valence-electron chi connectivity index (χ4n) is 3.55. The molecule has 1 atom stereocenters. The van der Waals surface area contributed by atoms with Gasteiger partial charge >= 0.3 is 0 Å². The summed E-state index contributed by atoms with van der Waals surface area (Å²) >= 11 is 0. The highest BCUT2D eigenvalue weighted by Crippen LogP contribution is 2.29. The van der Waals surface area contributed by atoms with Crippen molar-refractivity contribution in [2.45, 2.75) is 70.2 Å². The predicted octanol–water partition coefficient (Wildman–Crippen LogP) is 2.56. The average Bonchev–Trinajstić information content (AvgIpc) is 2.67. The van der Waals surface area contributed by atoms with E-state index in [0.29, 0.717) is 37.2 Å². The number of benzene rings is 1. The molecule has 0 radical (unpaired) electrons. The number of ether oxygens (including phenoxy) is 2. The summed E-state index contributed by atoms with van der Waals surface area (Å²) < 4.78 is 11.2. The SMILES string of the molecule is COc1cc(CNCC2(O)CCCCC2)ccc1OC[C@H](O)CN(C)C(C)C. The van der Waals surface area contributed by atoms with Crippen LogP contribution in [0.3, 0.4) is 0 Å². The molecule has 0 bridgehead atoms. The van der Waals surface area contributed by atoms with Crippen LogP contribution in [0.15, 0.2) is 18.2 Å². The first-order valence-corrected chi connectivity index (χ1v) is 10.4. The van der Waals surface area contributed by atoms with Gasteiger partial charge in [-0.05, 0) is 51.4 Å². The zero-order valence-corrected chi connectivity index (χ0v) is 17.9. The molecular formula is C22H38N2O4. The lowest BCUT2D eigenvalue weighted by molar-refractivity contribution is 0.00467. The van der Waals surface area contributed by atoms with Gasteiger partial charge < -0.3 is 29.9 Å². The van der Waals surface area contributed by atoms with Gasteiger partial charge in [-0.2, -0.15) is 0 Å². The quantitative estimate of drug-likeness (QED) is 0.536. The summed E-state index contributed by atoms with van der Waals surface area (Å²) in [5.74, 6) is 1.28. The van der Waals surface area contributed by atoms with Crippen molar-refractivity contribution in [1.29, 1.82) is 0 Å². The normalized spacial score (nSPS) is 17.7. The lowest BCUT2D eigenvalue weighted by Crippen LogP contribution is -2.41. The number of aliphatic hydroxyl groups excluding tert-OH is 1. The van der Waals surface area contributed by atoms with Gasteiger partial charge in [0.2, 0.25) is 0 Å². The van der Waals surface area contributed by atoms with Crippen LogP contribution >= 0.6 is 0 Å². The molecule has 1 fully saturated rings. The van der Waals surface area contributed by atoms with E-state index in [1.807, 2.05) is 25.2 Å². The molecule has 6 heteroatoms. The largest absolute Gasteiger partial charge is 0.493 e. The Balaban J connectivity index is 1.83. The van der Waals surface area contributed by atoms with Gasteiger partial charge in [0.25, 0.3) is 0 Å². The number of hydrogen-bond acceptors (Lipinski definition) is 6. The van der Waals surface area contributed by atoms with E-state index in [0.717, 1.165) is 31.2 Å². The number of likely N-dealkylation sites (N-methyl/N-ethyl adjacent to an activating group) is 1. The molecule has 6 nitrogen and oxygen atoms in total. The minimum atomic E-state index is -0.565. The van der Waals surface area contributed by atoms with Crippen molar-refractivity contribution in [1.82, 2.24) is 10.2 Å². The molecule has 0 heterocycles. The zero-order chi connectivity index (χ0) is 20.6. The zero-order valence-electron chi connectivity index (χ0n) is 17.9. The molecule has 1 aromatic carbocycles. The fourth-order valence-corrected chi connectivity index (χ4v) is 3.55. The maximum absolute atomic E-state index is 10.6. The van der Waals surface area contributed by atoms with E-state index < -0.39 is 11.7 Å². The minimum Gasteiger partial charge on any atom is -0.493 e. The molecule has 0 unspecified atom stereocenters. The van der Waals surface area contributed by atoms with Crippen LogP contribution in [0, 0.1) is 0 Å². The van der Waals surface area contributed by atoms with E-state index in [4.69, 9.17) is 9.47 Å². The highest BCUT2D eigenvalue weighted by molar-refractivity contribution is 5.43. The summed E-state index contributed by atoms with van der Waals surface area (Å²) in [5, 5.41) is 24.1. The van der Waals surface area contributed by atoms with Crippen LogP contribution < -0.4 is 14.8 Å². The van der Waals surface area contributed by atoms with Gasteiger partial charge in [0, 0.05) is 25.7 Å². The Labute approximate surface area is 169 Å². The van der Waals surface area contributed by atoms with Crippen LogP contribution in [-0.2, 0) is 6.54 Å². The molecule has 3 N–H and O–H groups in total. The van der Waals surface area contributed by atoms with Crippen LogP contribution in [0.4, 0.5) is 0 Å². The lowest BCUT2D eigenvalue weighted by atomic mass is 9.85. The monoisotopic (exact) mass is 394 g/mol. The standard InChI is InChI=1S/C22H38N2O4/c1-17(2)24(3)14-19(25)15-28-20-9-8-18(12-21(20)27-4)13-23-16-22(26)10-6-5-7-11-22/h8-9,12,17,19,23,25-26H,5-7,10-11,13-16H2,1-4H3/t19-/m1/s1. The Bertz CT molecular complexity index is 588. The number of aliphatic hydroxyl groups is 2.